The highest BCUT2D eigenvalue weighted by Crippen LogP contribution is 2.18. The molecule has 1 atom stereocenters. The molecule has 0 saturated carbocycles. The molecule has 6 heteroatoms. The molecular formula is C14H13N3O3. The number of aromatic nitrogens is 2. The molecule has 0 radical (unpaired) electrons. The first kappa shape index (κ1) is 12.4. The van der Waals surface area contributed by atoms with Crippen molar-refractivity contribution >= 4 is 12.0 Å². The Kier molecular flexibility index (Phi) is 3.45. The summed E-state index contributed by atoms with van der Waals surface area (Å²) in [5, 5.41) is 0. The fourth-order valence-corrected chi connectivity index (χ4v) is 1.91. The predicted molar refractivity (Wildman–Crippen MR) is 71.6 cm³/mol. The third-order valence-electron chi connectivity index (χ3n) is 2.85. The lowest BCUT2D eigenvalue weighted by Crippen LogP contribution is -2.28. The largest absolute Gasteiger partial charge is 0.490 e. The topological polar surface area (TPSA) is 64.6 Å². The Morgan fingerprint density at radius 3 is 2.70 bits per heavy atom. The van der Waals surface area contributed by atoms with E-state index < -0.39 is 6.09 Å². The molecule has 1 aromatic carbocycles. The van der Waals surface area contributed by atoms with Crippen LogP contribution in [0.4, 0.5) is 10.7 Å². The lowest BCUT2D eigenvalue weighted by atomic mass is 10.3. The molecule has 0 bridgehead atoms. The fourth-order valence-electron chi connectivity index (χ4n) is 1.91. The maximum absolute atomic E-state index is 11.8. The van der Waals surface area contributed by atoms with Gasteiger partial charge in [-0.05, 0) is 18.2 Å². The molecule has 3 rings (SSSR count). The van der Waals surface area contributed by atoms with Crippen LogP contribution >= 0.6 is 0 Å². The van der Waals surface area contributed by atoms with Crippen molar-refractivity contribution in [1.82, 2.24) is 9.97 Å². The quantitative estimate of drug-likeness (QED) is 0.849. The minimum absolute atomic E-state index is 0.305. The zero-order valence-corrected chi connectivity index (χ0v) is 10.7. The van der Waals surface area contributed by atoms with Gasteiger partial charge in [-0.15, -0.1) is 0 Å². The zero-order valence-electron chi connectivity index (χ0n) is 10.7. The second-order valence-corrected chi connectivity index (χ2v) is 4.29. The maximum Gasteiger partial charge on any atom is 0.417 e. The minimum Gasteiger partial charge on any atom is -0.490 e. The molecule has 2 heterocycles. The number of rotatable bonds is 4. The van der Waals surface area contributed by atoms with Crippen LogP contribution in [0.15, 0.2) is 48.8 Å². The average Bonchev–Trinajstić information content (AvgIpc) is 2.88. The van der Waals surface area contributed by atoms with Gasteiger partial charge in [0.05, 0.1) is 6.54 Å². The van der Waals surface area contributed by atoms with E-state index in [2.05, 4.69) is 9.97 Å². The Bertz CT molecular complexity index is 577. The van der Waals surface area contributed by atoms with Gasteiger partial charge in [-0.3, -0.25) is 0 Å². The van der Waals surface area contributed by atoms with E-state index in [0.29, 0.717) is 19.1 Å². The maximum atomic E-state index is 11.8. The number of ether oxygens (including phenoxy) is 2. The first-order valence-corrected chi connectivity index (χ1v) is 6.26. The molecule has 6 nitrogen and oxygen atoms in total. The van der Waals surface area contributed by atoms with E-state index in [-0.39, 0.29) is 6.10 Å². The Balaban J connectivity index is 1.60. The monoisotopic (exact) mass is 271 g/mol. The van der Waals surface area contributed by atoms with Gasteiger partial charge in [0.15, 0.2) is 6.10 Å². The summed E-state index contributed by atoms with van der Waals surface area (Å²) in [4.78, 5) is 21.2. The van der Waals surface area contributed by atoms with Gasteiger partial charge in [-0.25, -0.2) is 19.7 Å². The Hall–Kier alpha value is -2.63. The van der Waals surface area contributed by atoms with E-state index in [4.69, 9.17) is 9.47 Å². The van der Waals surface area contributed by atoms with Crippen LogP contribution in [0.1, 0.15) is 0 Å². The zero-order chi connectivity index (χ0) is 13.8. The van der Waals surface area contributed by atoms with Gasteiger partial charge < -0.3 is 9.47 Å². The molecule has 102 valence electrons. The van der Waals surface area contributed by atoms with Gasteiger partial charge in [0.25, 0.3) is 0 Å². The number of nitrogens with zero attached hydrogens (tertiary/aromatic N) is 3. The summed E-state index contributed by atoms with van der Waals surface area (Å²) in [6.45, 7) is 0.689. The number of benzene rings is 1. The van der Waals surface area contributed by atoms with E-state index in [1.165, 1.54) is 4.90 Å². The van der Waals surface area contributed by atoms with Crippen LogP contribution in [0.5, 0.6) is 5.75 Å². The first-order chi connectivity index (χ1) is 9.83. The molecule has 2 aromatic rings. The van der Waals surface area contributed by atoms with Crippen molar-refractivity contribution in [3.63, 3.8) is 0 Å². The summed E-state index contributed by atoms with van der Waals surface area (Å²) in [7, 11) is 0. The standard InChI is InChI=1S/C14H13N3O3/c18-14-17(13-15-7-4-8-16-13)9-12(20-14)10-19-11-5-2-1-3-6-11/h1-8,12H,9-10H2. The van der Waals surface area contributed by atoms with Crippen LogP contribution in [0.3, 0.4) is 0 Å². The Morgan fingerprint density at radius 2 is 1.95 bits per heavy atom. The third-order valence-corrected chi connectivity index (χ3v) is 2.85. The van der Waals surface area contributed by atoms with Crippen LogP contribution in [0.25, 0.3) is 0 Å². The molecule has 1 amide bonds. The van der Waals surface area contributed by atoms with E-state index in [1.807, 2.05) is 30.3 Å². The molecule has 1 unspecified atom stereocenters. The number of carbonyl (C=O) groups excluding carboxylic acids is 1. The Labute approximate surface area is 116 Å². The summed E-state index contributed by atoms with van der Waals surface area (Å²) in [6, 6.07) is 11.1. The lowest BCUT2D eigenvalue weighted by molar-refractivity contribution is 0.105. The molecular weight excluding hydrogens is 258 g/mol. The summed E-state index contributed by atoms with van der Waals surface area (Å²) in [5.41, 5.74) is 0. The molecule has 1 saturated heterocycles. The van der Waals surface area contributed by atoms with Crippen LogP contribution in [0.2, 0.25) is 0 Å². The molecule has 1 aliphatic heterocycles. The second kappa shape index (κ2) is 5.56. The van der Waals surface area contributed by atoms with E-state index in [0.717, 1.165) is 5.75 Å². The molecule has 1 aliphatic rings. The van der Waals surface area contributed by atoms with Crippen molar-refractivity contribution in [1.29, 1.82) is 0 Å². The Morgan fingerprint density at radius 1 is 1.20 bits per heavy atom. The molecule has 1 aromatic heterocycles. The summed E-state index contributed by atoms with van der Waals surface area (Å²) in [5.74, 6) is 1.10. The number of para-hydroxylation sites is 1. The third kappa shape index (κ3) is 2.69. The van der Waals surface area contributed by atoms with Gasteiger partial charge in [0, 0.05) is 12.4 Å². The second-order valence-electron chi connectivity index (χ2n) is 4.29. The van der Waals surface area contributed by atoms with Gasteiger partial charge >= 0.3 is 6.09 Å². The number of hydrogen-bond donors (Lipinski definition) is 0. The molecule has 0 N–H and O–H groups in total. The highest BCUT2D eigenvalue weighted by molar-refractivity contribution is 5.87. The number of cyclic esters (lactones) is 1. The van der Waals surface area contributed by atoms with Gasteiger partial charge in [0.2, 0.25) is 5.95 Å². The van der Waals surface area contributed by atoms with Crippen molar-refractivity contribution in [2.45, 2.75) is 6.10 Å². The minimum atomic E-state index is -0.446. The van der Waals surface area contributed by atoms with Crippen LogP contribution < -0.4 is 9.64 Å². The van der Waals surface area contributed by atoms with E-state index >= 15 is 0 Å². The first-order valence-electron chi connectivity index (χ1n) is 6.26. The normalized spacial score (nSPS) is 17.9. The molecule has 0 spiro atoms. The smallest absolute Gasteiger partial charge is 0.417 e. The molecule has 0 aliphatic carbocycles. The van der Waals surface area contributed by atoms with Crippen molar-refractivity contribution in [3.8, 4) is 5.75 Å². The number of anilines is 1. The number of hydrogen-bond acceptors (Lipinski definition) is 5. The summed E-state index contributed by atoms with van der Waals surface area (Å²) >= 11 is 0. The highest BCUT2D eigenvalue weighted by atomic mass is 16.6. The van der Waals surface area contributed by atoms with Crippen molar-refractivity contribution in [2.24, 2.45) is 0 Å². The molecule has 1 fully saturated rings. The van der Waals surface area contributed by atoms with Crippen LogP contribution in [0, 0.1) is 0 Å². The summed E-state index contributed by atoms with van der Waals surface area (Å²) < 4.78 is 10.8. The predicted octanol–water partition coefficient (Wildman–Crippen LogP) is 1.88. The highest BCUT2D eigenvalue weighted by Gasteiger charge is 2.34. The van der Waals surface area contributed by atoms with Crippen LogP contribution in [-0.2, 0) is 4.74 Å². The van der Waals surface area contributed by atoms with Crippen molar-refractivity contribution in [2.75, 3.05) is 18.1 Å². The lowest BCUT2D eigenvalue weighted by Gasteiger charge is -2.11. The molecule has 20 heavy (non-hydrogen) atoms. The van der Waals surface area contributed by atoms with Gasteiger partial charge in [0.1, 0.15) is 12.4 Å². The van der Waals surface area contributed by atoms with E-state index in [9.17, 15) is 4.79 Å². The van der Waals surface area contributed by atoms with Crippen molar-refractivity contribution < 1.29 is 14.3 Å². The van der Waals surface area contributed by atoms with Gasteiger partial charge in [-0.2, -0.15) is 0 Å². The summed E-state index contributed by atoms with van der Waals surface area (Å²) in [6.07, 6.45) is 2.40. The average molecular weight is 271 g/mol. The van der Waals surface area contributed by atoms with E-state index in [1.54, 1.807) is 18.5 Å². The van der Waals surface area contributed by atoms with Crippen molar-refractivity contribution in [3.05, 3.63) is 48.8 Å². The number of carbonyl (C=O) groups is 1. The van der Waals surface area contributed by atoms with Crippen LogP contribution in [-0.4, -0.2) is 35.3 Å². The fraction of sp³-hybridized carbons (Fsp3) is 0.214. The SMILES string of the molecule is O=C1OC(COc2ccccc2)CN1c1ncccn1. The number of amides is 1. The van der Waals surface area contributed by atoms with Gasteiger partial charge in [-0.1, -0.05) is 18.2 Å².